The molecule has 7 heteroatoms. The van der Waals surface area contributed by atoms with Gasteiger partial charge in [0, 0.05) is 15.6 Å². The Morgan fingerprint density at radius 2 is 1.36 bits per heavy atom. The van der Waals surface area contributed by atoms with E-state index >= 15 is 0 Å². The van der Waals surface area contributed by atoms with Crippen LogP contribution in [0.5, 0.6) is 11.5 Å². The molecule has 0 spiro atoms. The molecule has 1 heterocycles. The van der Waals surface area contributed by atoms with Crippen LogP contribution in [0.15, 0.2) is 103 Å². The fourth-order valence-electron chi connectivity index (χ4n) is 3.62. The number of halogens is 1. The van der Waals surface area contributed by atoms with Gasteiger partial charge in [-0.3, -0.25) is 4.79 Å². The monoisotopic (exact) mass is 496 g/mol. The largest absolute Gasteiger partial charge is 0.423 e. The molecular formula is C29H17FO5S. The van der Waals surface area contributed by atoms with Crippen molar-refractivity contribution >= 4 is 39.1 Å². The third-order valence-corrected chi connectivity index (χ3v) is 6.51. The predicted octanol–water partition coefficient (Wildman–Crippen LogP) is 6.71. The van der Waals surface area contributed by atoms with Crippen LogP contribution < -0.4 is 9.47 Å². The van der Waals surface area contributed by atoms with E-state index in [4.69, 9.17) is 9.47 Å². The molecule has 1 aromatic heterocycles. The van der Waals surface area contributed by atoms with Gasteiger partial charge in [-0.1, -0.05) is 60.7 Å². The summed E-state index contributed by atoms with van der Waals surface area (Å²) < 4.78 is 25.7. The minimum atomic E-state index is -0.891. The third-order valence-electron chi connectivity index (χ3n) is 5.36. The summed E-state index contributed by atoms with van der Waals surface area (Å²) in [4.78, 5) is 39.0. The average Bonchev–Trinajstić information content (AvgIpc) is 3.27. The molecule has 0 fully saturated rings. The topological polar surface area (TPSA) is 69.7 Å². The molecule has 5 rings (SSSR count). The summed E-state index contributed by atoms with van der Waals surface area (Å²) in [6, 6.07) is 27.3. The Labute approximate surface area is 209 Å². The van der Waals surface area contributed by atoms with Gasteiger partial charge in [-0.05, 0) is 42.5 Å². The summed E-state index contributed by atoms with van der Waals surface area (Å²) in [7, 11) is 0. The second-order valence-electron chi connectivity index (χ2n) is 7.74. The lowest BCUT2D eigenvalue weighted by atomic mass is 10.1. The first-order chi connectivity index (χ1) is 17.5. The summed E-state index contributed by atoms with van der Waals surface area (Å²) in [5, 5.41) is 0.636. The lowest BCUT2D eigenvalue weighted by Crippen LogP contribution is -2.13. The number of carbonyl (C=O) groups excluding carboxylic acids is 3. The maximum absolute atomic E-state index is 13.9. The van der Waals surface area contributed by atoms with Crippen LogP contribution in [0.3, 0.4) is 0 Å². The van der Waals surface area contributed by atoms with Crippen LogP contribution in [0.2, 0.25) is 0 Å². The van der Waals surface area contributed by atoms with Crippen molar-refractivity contribution in [1.29, 1.82) is 0 Å². The predicted molar refractivity (Wildman–Crippen MR) is 134 cm³/mol. The number of esters is 2. The van der Waals surface area contributed by atoms with E-state index in [1.165, 1.54) is 53.8 Å². The van der Waals surface area contributed by atoms with Crippen molar-refractivity contribution in [2.24, 2.45) is 0 Å². The van der Waals surface area contributed by atoms with E-state index in [1.54, 1.807) is 36.4 Å². The molecular weight excluding hydrogens is 479 g/mol. The van der Waals surface area contributed by atoms with Gasteiger partial charge in [0.15, 0.2) is 5.75 Å². The Bertz CT molecular complexity index is 1610. The van der Waals surface area contributed by atoms with Crippen LogP contribution in [-0.4, -0.2) is 17.7 Å². The molecule has 0 aliphatic carbocycles. The van der Waals surface area contributed by atoms with Crippen LogP contribution >= 0.6 is 11.3 Å². The molecule has 0 bridgehead atoms. The van der Waals surface area contributed by atoms with Gasteiger partial charge >= 0.3 is 11.9 Å². The molecule has 36 heavy (non-hydrogen) atoms. The Balaban J connectivity index is 1.44. The van der Waals surface area contributed by atoms with Crippen molar-refractivity contribution in [3.05, 3.63) is 131 Å². The summed E-state index contributed by atoms with van der Waals surface area (Å²) in [5.74, 6) is -2.37. The molecule has 5 aromatic rings. The highest BCUT2D eigenvalue weighted by atomic mass is 32.1. The second kappa shape index (κ2) is 9.93. The number of ketones is 1. The van der Waals surface area contributed by atoms with Gasteiger partial charge in [0.25, 0.3) is 0 Å². The Kier molecular flexibility index (Phi) is 6.38. The van der Waals surface area contributed by atoms with Gasteiger partial charge in [-0.2, -0.15) is 0 Å². The van der Waals surface area contributed by atoms with E-state index in [9.17, 15) is 18.8 Å². The maximum atomic E-state index is 13.9. The zero-order valence-corrected chi connectivity index (χ0v) is 19.5. The molecule has 5 nitrogen and oxygen atoms in total. The first-order valence-corrected chi connectivity index (χ1v) is 11.7. The SMILES string of the molecule is O=C(Oc1c(C(=O)c2ccccc2)sc2ccccc12)c1cccc(OC(=O)c2ccccc2F)c1. The normalized spacial score (nSPS) is 10.7. The number of hydrogen-bond donors (Lipinski definition) is 0. The van der Waals surface area contributed by atoms with E-state index in [2.05, 4.69) is 0 Å². The molecule has 0 N–H and O–H groups in total. The van der Waals surface area contributed by atoms with E-state index in [0.717, 1.165) is 10.8 Å². The number of carbonyl (C=O) groups is 3. The zero-order chi connectivity index (χ0) is 25.1. The van der Waals surface area contributed by atoms with Gasteiger partial charge in [-0.25, -0.2) is 14.0 Å². The molecule has 0 aliphatic heterocycles. The fraction of sp³-hybridized carbons (Fsp3) is 0. The number of benzene rings is 4. The van der Waals surface area contributed by atoms with E-state index < -0.39 is 17.8 Å². The zero-order valence-electron chi connectivity index (χ0n) is 18.6. The van der Waals surface area contributed by atoms with Gasteiger partial charge in [0.2, 0.25) is 5.78 Å². The fourth-order valence-corrected chi connectivity index (χ4v) is 4.71. The average molecular weight is 497 g/mol. The van der Waals surface area contributed by atoms with Crippen molar-refractivity contribution in [2.45, 2.75) is 0 Å². The summed E-state index contributed by atoms with van der Waals surface area (Å²) in [5.41, 5.74) is 0.352. The highest BCUT2D eigenvalue weighted by molar-refractivity contribution is 7.21. The van der Waals surface area contributed by atoms with Crippen LogP contribution in [0.25, 0.3) is 10.1 Å². The maximum Gasteiger partial charge on any atom is 0.346 e. The summed E-state index contributed by atoms with van der Waals surface area (Å²) >= 11 is 1.24. The quantitative estimate of drug-likeness (QED) is 0.148. The Morgan fingerprint density at radius 1 is 0.667 bits per heavy atom. The first-order valence-electron chi connectivity index (χ1n) is 10.9. The summed E-state index contributed by atoms with van der Waals surface area (Å²) in [6.45, 7) is 0. The molecule has 0 atom stereocenters. The van der Waals surface area contributed by atoms with Gasteiger partial charge in [-0.15, -0.1) is 11.3 Å². The second-order valence-corrected chi connectivity index (χ2v) is 8.79. The Hall–Kier alpha value is -4.62. The lowest BCUT2D eigenvalue weighted by Gasteiger charge is -2.09. The lowest BCUT2D eigenvalue weighted by molar-refractivity contribution is 0.0712. The standard InChI is InChI=1S/C29H17FO5S/c30-23-15-6-4-13-21(23)29(33)34-20-12-8-11-19(17-20)28(32)35-26-22-14-5-7-16-24(22)36-27(26)25(31)18-9-2-1-3-10-18/h1-17H. The van der Waals surface area contributed by atoms with Crippen molar-refractivity contribution in [2.75, 3.05) is 0 Å². The number of fused-ring (bicyclic) bond motifs is 1. The van der Waals surface area contributed by atoms with Gasteiger partial charge in [0.05, 0.1) is 11.1 Å². The molecule has 0 unspecified atom stereocenters. The summed E-state index contributed by atoms with van der Waals surface area (Å²) in [6.07, 6.45) is 0. The molecule has 176 valence electrons. The van der Waals surface area contributed by atoms with Crippen LogP contribution in [-0.2, 0) is 0 Å². The smallest absolute Gasteiger partial charge is 0.346 e. The van der Waals surface area contributed by atoms with Crippen molar-refractivity contribution in [3.8, 4) is 11.5 Å². The van der Waals surface area contributed by atoms with Gasteiger partial charge in [0.1, 0.15) is 16.4 Å². The highest BCUT2D eigenvalue weighted by Gasteiger charge is 2.24. The first kappa shape index (κ1) is 23.1. The van der Waals surface area contributed by atoms with Crippen molar-refractivity contribution in [3.63, 3.8) is 0 Å². The number of ether oxygens (including phenoxy) is 2. The van der Waals surface area contributed by atoms with Crippen molar-refractivity contribution in [1.82, 2.24) is 0 Å². The van der Waals surface area contributed by atoms with Crippen molar-refractivity contribution < 1.29 is 28.2 Å². The molecule has 4 aromatic carbocycles. The van der Waals surface area contributed by atoms with Crippen LogP contribution in [0, 0.1) is 5.82 Å². The van der Waals surface area contributed by atoms with E-state index in [1.807, 2.05) is 18.2 Å². The minimum absolute atomic E-state index is 0.0495. The third kappa shape index (κ3) is 4.64. The number of thiophene rings is 1. The number of rotatable bonds is 6. The molecule has 0 radical (unpaired) electrons. The molecule has 0 aliphatic rings. The van der Waals surface area contributed by atoms with E-state index in [0.29, 0.717) is 15.8 Å². The number of hydrogen-bond acceptors (Lipinski definition) is 6. The molecule has 0 saturated heterocycles. The molecule has 0 amide bonds. The highest BCUT2D eigenvalue weighted by Crippen LogP contribution is 2.39. The van der Waals surface area contributed by atoms with Gasteiger partial charge < -0.3 is 9.47 Å². The van der Waals surface area contributed by atoms with Crippen LogP contribution in [0.4, 0.5) is 4.39 Å². The van der Waals surface area contributed by atoms with Crippen LogP contribution in [0.1, 0.15) is 36.0 Å². The van der Waals surface area contributed by atoms with E-state index in [-0.39, 0.29) is 28.4 Å². The Morgan fingerprint density at radius 3 is 2.17 bits per heavy atom. The minimum Gasteiger partial charge on any atom is -0.423 e. The molecule has 0 saturated carbocycles.